The first-order valence-corrected chi connectivity index (χ1v) is 4.09. The van der Waals surface area contributed by atoms with Gasteiger partial charge in [-0.1, -0.05) is 0 Å². The van der Waals surface area contributed by atoms with Gasteiger partial charge in [-0.25, -0.2) is 4.39 Å². The standard InChI is InChI=1S/C7H9FN4O/c1-2-12-10-4-3-5(8)9-7(13)6(4)11-12/h5H,2-3H2,1H3,(H,9,13). The molecule has 13 heavy (non-hydrogen) atoms. The first-order chi connectivity index (χ1) is 6.20. The third-order valence-electron chi connectivity index (χ3n) is 1.88. The van der Waals surface area contributed by atoms with E-state index in [4.69, 9.17) is 0 Å². The van der Waals surface area contributed by atoms with Crippen LogP contribution in [-0.4, -0.2) is 27.2 Å². The van der Waals surface area contributed by atoms with Gasteiger partial charge in [-0.3, -0.25) is 4.79 Å². The highest BCUT2D eigenvalue weighted by molar-refractivity contribution is 5.94. The number of alkyl halides is 1. The van der Waals surface area contributed by atoms with Gasteiger partial charge in [0.2, 0.25) is 0 Å². The van der Waals surface area contributed by atoms with Crippen molar-refractivity contribution >= 4 is 5.91 Å². The zero-order valence-corrected chi connectivity index (χ0v) is 7.12. The van der Waals surface area contributed by atoms with Crippen LogP contribution in [0.2, 0.25) is 0 Å². The fraction of sp³-hybridized carbons (Fsp3) is 0.571. The second-order valence-electron chi connectivity index (χ2n) is 2.83. The van der Waals surface area contributed by atoms with Gasteiger partial charge in [0, 0.05) is 6.42 Å². The van der Waals surface area contributed by atoms with Crippen LogP contribution >= 0.6 is 0 Å². The number of hydrogen-bond donors (Lipinski definition) is 1. The van der Waals surface area contributed by atoms with Gasteiger partial charge in [0.1, 0.15) is 5.69 Å². The van der Waals surface area contributed by atoms with Crippen molar-refractivity contribution < 1.29 is 9.18 Å². The van der Waals surface area contributed by atoms with Crippen molar-refractivity contribution in [3.8, 4) is 0 Å². The molecule has 2 rings (SSSR count). The van der Waals surface area contributed by atoms with E-state index in [-0.39, 0.29) is 12.1 Å². The van der Waals surface area contributed by atoms with E-state index in [1.807, 2.05) is 6.92 Å². The van der Waals surface area contributed by atoms with Crippen molar-refractivity contribution in [2.75, 3.05) is 0 Å². The van der Waals surface area contributed by atoms with Gasteiger partial charge < -0.3 is 5.32 Å². The summed E-state index contributed by atoms with van der Waals surface area (Å²) in [6.45, 7) is 2.44. The molecule has 0 bridgehead atoms. The molecule has 1 aromatic rings. The van der Waals surface area contributed by atoms with E-state index >= 15 is 0 Å². The number of rotatable bonds is 1. The Kier molecular flexibility index (Phi) is 1.75. The molecule has 0 fully saturated rings. The van der Waals surface area contributed by atoms with Gasteiger partial charge in [-0.15, -0.1) is 5.10 Å². The summed E-state index contributed by atoms with van der Waals surface area (Å²) in [5.41, 5.74) is 0.689. The summed E-state index contributed by atoms with van der Waals surface area (Å²) >= 11 is 0. The number of aromatic nitrogens is 3. The van der Waals surface area contributed by atoms with Gasteiger partial charge in [-0.05, 0) is 6.92 Å². The summed E-state index contributed by atoms with van der Waals surface area (Å²) in [5.74, 6) is -0.478. The highest BCUT2D eigenvalue weighted by atomic mass is 19.1. The summed E-state index contributed by atoms with van der Waals surface area (Å²) in [7, 11) is 0. The highest BCUT2D eigenvalue weighted by Gasteiger charge is 2.28. The zero-order chi connectivity index (χ0) is 9.42. The molecule has 5 nitrogen and oxygen atoms in total. The number of nitrogens with zero attached hydrogens (tertiary/aromatic N) is 3. The Balaban J connectivity index is 2.40. The monoisotopic (exact) mass is 184 g/mol. The molecule has 1 aromatic heterocycles. The molecule has 1 unspecified atom stereocenters. The van der Waals surface area contributed by atoms with E-state index in [0.717, 1.165) is 0 Å². The topological polar surface area (TPSA) is 59.8 Å². The van der Waals surface area contributed by atoms with E-state index in [9.17, 15) is 9.18 Å². The SMILES string of the molecule is CCn1nc2c(n1)C(=O)NC(F)C2. The molecule has 1 atom stereocenters. The van der Waals surface area contributed by atoms with Gasteiger partial charge in [0.25, 0.3) is 5.91 Å². The number of amides is 1. The maximum absolute atomic E-state index is 12.8. The fourth-order valence-electron chi connectivity index (χ4n) is 1.27. The molecule has 0 saturated carbocycles. The Morgan fingerprint density at radius 3 is 3.15 bits per heavy atom. The van der Waals surface area contributed by atoms with E-state index < -0.39 is 12.2 Å². The normalized spacial score (nSPS) is 21.1. The van der Waals surface area contributed by atoms with Crippen LogP contribution in [0.4, 0.5) is 4.39 Å². The molecule has 0 aromatic carbocycles. The number of halogens is 1. The predicted octanol–water partition coefficient (Wildman–Crippen LogP) is -0.121. The molecule has 6 heteroatoms. The second-order valence-corrected chi connectivity index (χ2v) is 2.83. The van der Waals surface area contributed by atoms with Crippen molar-refractivity contribution in [3.63, 3.8) is 0 Å². The molecule has 0 saturated heterocycles. The Hall–Kier alpha value is -1.46. The molecule has 0 spiro atoms. The van der Waals surface area contributed by atoms with Crippen LogP contribution in [0.1, 0.15) is 23.1 Å². The maximum Gasteiger partial charge on any atom is 0.275 e. The fourth-order valence-corrected chi connectivity index (χ4v) is 1.27. The second kappa shape index (κ2) is 2.79. The number of fused-ring (bicyclic) bond motifs is 1. The van der Waals surface area contributed by atoms with Gasteiger partial charge >= 0.3 is 0 Å². The van der Waals surface area contributed by atoms with E-state index in [2.05, 4.69) is 15.5 Å². The first kappa shape index (κ1) is 8.15. The lowest BCUT2D eigenvalue weighted by molar-refractivity contribution is 0.0868. The molecule has 0 aliphatic carbocycles. The summed E-state index contributed by atoms with van der Waals surface area (Å²) in [5, 5.41) is 10.0. The van der Waals surface area contributed by atoms with Gasteiger partial charge in [0.15, 0.2) is 12.0 Å². The Morgan fingerprint density at radius 1 is 1.69 bits per heavy atom. The maximum atomic E-state index is 12.8. The van der Waals surface area contributed by atoms with Crippen LogP contribution in [0, 0.1) is 0 Å². The molecular weight excluding hydrogens is 175 g/mol. The number of nitrogens with one attached hydrogen (secondary N) is 1. The number of carbonyl (C=O) groups is 1. The minimum absolute atomic E-state index is 0.112. The lowest BCUT2D eigenvalue weighted by Crippen LogP contribution is -2.38. The van der Waals surface area contributed by atoms with Gasteiger partial charge in [0.05, 0.1) is 6.54 Å². The van der Waals surface area contributed by atoms with Crippen molar-refractivity contribution in [1.82, 2.24) is 20.3 Å². The predicted molar refractivity (Wildman–Crippen MR) is 41.8 cm³/mol. The molecular formula is C7H9FN4O. The molecule has 2 heterocycles. The van der Waals surface area contributed by atoms with Crippen molar-refractivity contribution in [2.45, 2.75) is 26.2 Å². The van der Waals surface area contributed by atoms with Crippen LogP contribution in [0.25, 0.3) is 0 Å². The smallest absolute Gasteiger partial charge is 0.275 e. The van der Waals surface area contributed by atoms with Gasteiger partial charge in [-0.2, -0.15) is 9.90 Å². The average molecular weight is 184 g/mol. The summed E-state index contributed by atoms with van der Waals surface area (Å²) in [4.78, 5) is 12.5. The molecule has 0 radical (unpaired) electrons. The van der Waals surface area contributed by atoms with Crippen LogP contribution in [0.3, 0.4) is 0 Å². The lowest BCUT2D eigenvalue weighted by Gasteiger charge is -2.13. The Bertz CT molecular complexity index is 348. The van der Waals surface area contributed by atoms with Crippen LogP contribution in [0.5, 0.6) is 0 Å². The van der Waals surface area contributed by atoms with E-state index in [0.29, 0.717) is 12.2 Å². The highest BCUT2D eigenvalue weighted by Crippen LogP contribution is 2.12. The van der Waals surface area contributed by atoms with E-state index in [1.165, 1.54) is 4.80 Å². The summed E-state index contributed by atoms with van der Waals surface area (Å²) < 4.78 is 12.8. The van der Waals surface area contributed by atoms with Crippen molar-refractivity contribution in [1.29, 1.82) is 0 Å². The van der Waals surface area contributed by atoms with Crippen LogP contribution in [-0.2, 0) is 13.0 Å². The average Bonchev–Trinajstić information content (AvgIpc) is 2.47. The number of hydrogen-bond acceptors (Lipinski definition) is 3. The first-order valence-electron chi connectivity index (χ1n) is 4.09. The van der Waals surface area contributed by atoms with E-state index in [1.54, 1.807) is 0 Å². The molecule has 1 aliphatic heterocycles. The quantitative estimate of drug-likeness (QED) is 0.619. The molecule has 1 amide bonds. The molecule has 1 aliphatic rings. The third kappa shape index (κ3) is 1.28. The minimum Gasteiger partial charge on any atom is -0.321 e. The molecule has 70 valence electrons. The Labute approximate surface area is 73.9 Å². The molecule has 1 N–H and O–H groups in total. The summed E-state index contributed by atoms with van der Waals surface area (Å²) in [6, 6.07) is 0. The Morgan fingerprint density at radius 2 is 2.46 bits per heavy atom. The van der Waals surface area contributed by atoms with Crippen molar-refractivity contribution in [2.24, 2.45) is 0 Å². The minimum atomic E-state index is -1.33. The number of aryl methyl sites for hydroxylation is 1. The van der Waals surface area contributed by atoms with Crippen LogP contribution < -0.4 is 5.32 Å². The largest absolute Gasteiger partial charge is 0.321 e. The van der Waals surface area contributed by atoms with Crippen LogP contribution in [0.15, 0.2) is 0 Å². The lowest BCUT2D eigenvalue weighted by atomic mass is 10.1. The van der Waals surface area contributed by atoms with Crippen molar-refractivity contribution in [3.05, 3.63) is 11.4 Å². The summed E-state index contributed by atoms with van der Waals surface area (Å²) in [6.07, 6.45) is -1.22. The third-order valence-corrected chi connectivity index (χ3v) is 1.88. The zero-order valence-electron chi connectivity index (χ0n) is 7.12. The number of carbonyl (C=O) groups excluding carboxylic acids is 1.